The van der Waals surface area contributed by atoms with Crippen LogP contribution >= 0.6 is 21.6 Å². The Kier molecular flexibility index (Phi) is 10.3. The molecule has 0 aromatic heterocycles. The normalized spacial score (nSPS) is 12.3. The van der Waals surface area contributed by atoms with Gasteiger partial charge in [-0.05, 0) is 20.8 Å². The van der Waals surface area contributed by atoms with Crippen LogP contribution in [-0.2, 0) is 9.59 Å². The lowest BCUT2D eigenvalue weighted by molar-refractivity contribution is -0.121. The molecule has 0 aliphatic heterocycles. The van der Waals surface area contributed by atoms with Crippen LogP contribution in [-0.4, -0.2) is 35.4 Å². The minimum absolute atomic E-state index is 0.0921. The van der Waals surface area contributed by atoms with E-state index >= 15 is 0 Å². The summed E-state index contributed by atoms with van der Waals surface area (Å²) in [5.41, 5.74) is 0. The Bertz CT molecular complexity index is 260. The smallest absolute Gasteiger partial charge is 0.221 e. The van der Waals surface area contributed by atoms with E-state index in [0.717, 1.165) is 5.75 Å². The molecule has 2 N–H and O–H groups in total. The first kappa shape index (κ1) is 17.6. The highest BCUT2D eigenvalue weighted by Gasteiger charge is 2.09. The highest BCUT2D eigenvalue weighted by molar-refractivity contribution is 8.76. The van der Waals surface area contributed by atoms with Crippen LogP contribution in [0.3, 0.4) is 0 Å². The number of carbonyl (C=O) groups is 2. The predicted octanol–water partition coefficient (Wildman–Crippen LogP) is 2.20. The second-order valence-corrected chi connectivity index (χ2v) is 7.28. The maximum absolute atomic E-state index is 11.4. The van der Waals surface area contributed by atoms with E-state index in [1.807, 2.05) is 27.7 Å². The molecule has 1 atom stereocenters. The summed E-state index contributed by atoms with van der Waals surface area (Å²) in [5, 5.41) is 5.91. The molecule has 2 amide bonds. The third-order valence-corrected chi connectivity index (χ3v) is 4.84. The minimum Gasteiger partial charge on any atom is -0.356 e. The van der Waals surface area contributed by atoms with Crippen LogP contribution in [0.25, 0.3) is 0 Å². The molecular formula is C12H24N2O2S2. The van der Waals surface area contributed by atoms with E-state index in [1.54, 1.807) is 21.6 Å². The standard InChI is InChI=1S/C12H24N2O2S2/c1-5-13-12(16)8-10(4)18-17-7-6-11(15)14-9(2)3/h9-10H,5-8H2,1-4H3,(H,13,16)(H,14,15). The summed E-state index contributed by atoms with van der Waals surface area (Å²) in [6.07, 6.45) is 1.06. The third kappa shape index (κ3) is 10.8. The van der Waals surface area contributed by atoms with E-state index in [9.17, 15) is 9.59 Å². The molecule has 0 aromatic carbocycles. The molecule has 0 bridgehead atoms. The number of carbonyl (C=O) groups excluding carboxylic acids is 2. The Morgan fingerprint density at radius 3 is 2.39 bits per heavy atom. The van der Waals surface area contributed by atoms with Crippen LogP contribution < -0.4 is 10.6 Å². The molecule has 1 unspecified atom stereocenters. The average Bonchev–Trinajstić information content (AvgIpc) is 2.23. The monoisotopic (exact) mass is 292 g/mol. The largest absolute Gasteiger partial charge is 0.356 e. The van der Waals surface area contributed by atoms with Gasteiger partial charge in [-0.1, -0.05) is 28.5 Å². The molecule has 0 saturated heterocycles. The fourth-order valence-electron chi connectivity index (χ4n) is 1.26. The highest BCUT2D eigenvalue weighted by Crippen LogP contribution is 2.28. The van der Waals surface area contributed by atoms with Crippen LogP contribution in [0.15, 0.2) is 0 Å². The van der Waals surface area contributed by atoms with Gasteiger partial charge >= 0.3 is 0 Å². The van der Waals surface area contributed by atoms with Crippen molar-refractivity contribution < 1.29 is 9.59 Å². The Hall–Kier alpha value is -0.360. The second-order valence-electron chi connectivity index (χ2n) is 4.36. The zero-order valence-corrected chi connectivity index (χ0v) is 13.2. The van der Waals surface area contributed by atoms with Crippen molar-refractivity contribution in [2.75, 3.05) is 12.3 Å². The summed E-state index contributed by atoms with van der Waals surface area (Å²) in [7, 11) is 3.32. The molecule has 0 rings (SSSR count). The molecule has 0 aromatic rings. The summed E-state index contributed by atoms with van der Waals surface area (Å²) in [4.78, 5) is 22.7. The maximum atomic E-state index is 11.4. The van der Waals surface area contributed by atoms with Gasteiger partial charge in [-0.3, -0.25) is 9.59 Å². The van der Waals surface area contributed by atoms with Gasteiger partial charge in [0.15, 0.2) is 0 Å². The van der Waals surface area contributed by atoms with Gasteiger partial charge in [0.25, 0.3) is 0 Å². The Morgan fingerprint density at radius 1 is 1.17 bits per heavy atom. The van der Waals surface area contributed by atoms with Crippen LogP contribution in [0.1, 0.15) is 40.5 Å². The number of rotatable bonds is 9. The quantitative estimate of drug-likeness (QED) is 0.505. The Morgan fingerprint density at radius 2 is 1.83 bits per heavy atom. The van der Waals surface area contributed by atoms with Gasteiger partial charge < -0.3 is 10.6 Å². The lowest BCUT2D eigenvalue weighted by Gasteiger charge is -2.10. The van der Waals surface area contributed by atoms with Crippen molar-refractivity contribution in [1.82, 2.24) is 10.6 Å². The van der Waals surface area contributed by atoms with E-state index in [2.05, 4.69) is 10.6 Å². The lowest BCUT2D eigenvalue weighted by atomic mass is 10.3. The van der Waals surface area contributed by atoms with Gasteiger partial charge in [0.2, 0.25) is 11.8 Å². The summed E-state index contributed by atoms with van der Waals surface area (Å²) in [5.74, 6) is 0.966. The predicted molar refractivity (Wildman–Crippen MR) is 80.7 cm³/mol. The van der Waals surface area contributed by atoms with Gasteiger partial charge in [-0.15, -0.1) is 0 Å². The summed E-state index contributed by atoms with van der Waals surface area (Å²) >= 11 is 0. The number of hydrogen-bond donors (Lipinski definition) is 2. The number of hydrogen-bond acceptors (Lipinski definition) is 4. The SMILES string of the molecule is CCNC(=O)CC(C)SSCCC(=O)NC(C)C. The Balaban J connectivity index is 3.53. The zero-order valence-electron chi connectivity index (χ0n) is 11.6. The lowest BCUT2D eigenvalue weighted by Crippen LogP contribution is -2.30. The van der Waals surface area contributed by atoms with E-state index in [0.29, 0.717) is 19.4 Å². The molecule has 6 heteroatoms. The van der Waals surface area contributed by atoms with Gasteiger partial charge in [0, 0.05) is 36.4 Å². The first-order valence-corrected chi connectivity index (χ1v) is 8.68. The molecule has 0 heterocycles. The topological polar surface area (TPSA) is 58.2 Å². The fourth-order valence-corrected chi connectivity index (χ4v) is 3.51. The molecular weight excluding hydrogens is 268 g/mol. The molecule has 0 aliphatic carbocycles. The molecule has 0 radical (unpaired) electrons. The first-order chi connectivity index (χ1) is 8.45. The van der Waals surface area contributed by atoms with Crippen LogP contribution in [0.2, 0.25) is 0 Å². The van der Waals surface area contributed by atoms with E-state index < -0.39 is 0 Å². The molecule has 18 heavy (non-hydrogen) atoms. The fraction of sp³-hybridized carbons (Fsp3) is 0.833. The van der Waals surface area contributed by atoms with Crippen molar-refractivity contribution in [3.8, 4) is 0 Å². The van der Waals surface area contributed by atoms with Crippen molar-refractivity contribution in [2.45, 2.75) is 51.8 Å². The Labute approximate surface area is 118 Å². The third-order valence-electron chi connectivity index (χ3n) is 1.94. The molecule has 4 nitrogen and oxygen atoms in total. The first-order valence-electron chi connectivity index (χ1n) is 6.30. The molecule has 0 spiro atoms. The molecule has 0 fully saturated rings. The second kappa shape index (κ2) is 10.6. The van der Waals surface area contributed by atoms with Crippen molar-refractivity contribution in [3.05, 3.63) is 0 Å². The molecule has 106 valence electrons. The van der Waals surface area contributed by atoms with Crippen molar-refractivity contribution in [3.63, 3.8) is 0 Å². The molecule has 0 aliphatic rings. The van der Waals surface area contributed by atoms with Gasteiger partial charge in [-0.2, -0.15) is 0 Å². The van der Waals surface area contributed by atoms with Crippen molar-refractivity contribution >= 4 is 33.4 Å². The number of nitrogens with one attached hydrogen (secondary N) is 2. The van der Waals surface area contributed by atoms with Crippen LogP contribution in [0.4, 0.5) is 0 Å². The highest BCUT2D eigenvalue weighted by atomic mass is 33.1. The van der Waals surface area contributed by atoms with Gasteiger partial charge in [0.1, 0.15) is 0 Å². The van der Waals surface area contributed by atoms with Crippen molar-refractivity contribution in [1.29, 1.82) is 0 Å². The van der Waals surface area contributed by atoms with E-state index in [4.69, 9.17) is 0 Å². The maximum Gasteiger partial charge on any atom is 0.221 e. The van der Waals surface area contributed by atoms with Crippen LogP contribution in [0.5, 0.6) is 0 Å². The summed E-state index contributed by atoms with van der Waals surface area (Å²) in [6, 6.07) is 0.201. The minimum atomic E-state index is 0.0921. The molecule has 0 saturated carbocycles. The summed E-state index contributed by atoms with van der Waals surface area (Å²) in [6.45, 7) is 8.53. The average molecular weight is 292 g/mol. The van der Waals surface area contributed by atoms with Gasteiger partial charge in [0.05, 0.1) is 0 Å². The van der Waals surface area contributed by atoms with E-state index in [1.165, 1.54) is 0 Å². The van der Waals surface area contributed by atoms with Crippen LogP contribution in [0, 0.1) is 0 Å². The van der Waals surface area contributed by atoms with Gasteiger partial charge in [-0.25, -0.2) is 0 Å². The number of amides is 2. The summed E-state index contributed by atoms with van der Waals surface area (Å²) < 4.78 is 0. The van der Waals surface area contributed by atoms with E-state index in [-0.39, 0.29) is 23.1 Å². The van der Waals surface area contributed by atoms with Crippen molar-refractivity contribution in [2.24, 2.45) is 0 Å². The zero-order chi connectivity index (χ0) is 14.0.